The van der Waals surface area contributed by atoms with Crippen LogP contribution in [0.5, 0.6) is 0 Å². The van der Waals surface area contributed by atoms with Crippen LogP contribution in [0.3, 0.4) is 0 Å². The molecule has 0 unspecified atom stereocenters. The van der Waals surface area contributed by atoms with E-state index in [-0.39, 0.29) is 0 Å². The van der Waals surface area contributed by atoms with Crippen molar-refractivity contribution in [2.24, 2.45) is 10.2 Å². The van der Waals surface area contributed by atoms with Crippen molar-refractivity contribution < 1.29 is 0 Å². The number of rotatable bonds is 1. The van der Waals surface area contributed by atoms with Gasteiger partial charge in [0.2, 0.25) is 0 Å². The zero-order valence-electron chi connectivity index (χ0n) is 4.39. The van der Waals surface area contributed by atoms with Gasteiger partial charge in [0.15, 0.2) is 5.84 Å². The van der Waals surface area contributed by atoms with E-state index in [1.54, 1.807) is 14.0 Å². The Labute approximate surface area is 42.1 Å². The van der Waals surface area contributed by atoms with Crippen LogP contribution in [0.1, 0.15) is 6.92 Å². The van der Waals surface area contributed by atoms with Crippen LogP contribution in [0.4, 0.5) is 0 Å². The van der Waals surface area contributed by atoms with Crippen LogP contribution in [0.15, 0.2) is 10.2 Å². The molecule has 0 aliphatic rings. The Bertz CT molecular complexity index is 84.9. The van der Waals surface area contributed by atoms with E-state index in [0.717, 1.165) is 0 Å². The Hall–Kier alpha value is -0.930. The van der Waals surface area contributed by atoms with Gasteiger partial charge in [0.25, 0.3) is 0 Å². The van der Waals surface area contributed by atoms with Gasteiger partial charge in [-0.05, 0) is 6.92 Å². The van der Waals surface area contributed by atoms with Crippen LogP contribution in [-0.4, -0.2) is 12.9 Å². The van der Waals surface area contributed by atoms with Crippen LogP contribution >= 0.6 is 0 Å². The first kappa shape index (κ1) is 6.07. The summed E-state index contributed by atoms with van der Waals surface area (Å²) in [5.41, 5.74) is 8.86. The fourth-order valence-corrected chi connectivity index (χ4v) is 0.187. The van der Waals surface area contributed by atoms with Gasteiger partial charge in [-0.3, -0.25) is 0 Å². The minimum absolute atomic E-state index is 0.433. The van der Waals surface area contributed by atoms with Crippen LogP contribution in [0.25, 0.3) is 0 Å². The van der Waals surface area contributed by atoms with E-state index in [1.807, 2.05) is 0 Å². The zero-order chi connectivity index (χ0) is 5.70. The van der Waals surface area contributed by atoms with Gasteiger partial charge in [0.1, 0.15) is 0 Å². The van der Waals surface area contributed by atoms with Gasteiger partial charge < -0.3 is 5.43 Å². The number of hydrogen-bond acceptors (Lipinski definition) is 3. The minimum Gasteiger partial charge on any atom is -0.311 e. The first-order valence-electron chi connectivity index (χ1n) is 1.89. The third-order valence-corrected chi connectivity index (χ3v) is 0.435. The summed E-state index contributed by atoms with van der Waals surface area (Å²) in [5.74, 6) is 0.433. The normalized spacial score (nSPS) is 10.9. The van der Waals surface area contributed by atoms with E-state index < -0.39 is 0 Å². The molecule has 0 aromatic rings. The molecule has 0 amide bonds. The summed E-state index contributed by atoms with van der Waals surface area (Å²) in [4.78, 5) is 0. The maximum Gasteiger partial charge on any atom is 0.166 e. The molecule has 0 spiro atoms. The molecular weight excluding hydrogens is 92.1 g/mol. The SMILES string of the molecule is CN/N=C(\C)N=N. The number of nitrogens with one attached hydrogen (secondary N) is 2. The Morgan fingerprint density at radius 1 is 1.71 bits per heavy atom. The lowest BCUT2D eigenvalue weighted by molar-refractivity contribution is 0.889. The van der Waals surface area contributed by atoms with Crippen LogP contribution < -0.4 is 5.43 Å². The van der Waals surface area contributed by atoms with Crippen molar-refractivity contribution in [3.63, 3.8) is 0 Å². The average Bonchev–Trinajstić information content (AvgIpc) is 1.68. The first-order valence-corrected chi connectivity index (χ1v) is 1.89. The quantitative estimate of drug-likeness (QED) is 0.215. The lowest BCUT2D eigenvalue weighted by atomic mass is 10.7. The maximum absolute atomic E-state index is 6.37. The Kier molecular flexibility index (Phi) is 2.83. The molecule has 4 nitrogen and oxygen atoms in total. The lowest BCUT2D eigenvalue weighted by Crippen LogP contribution is -1.97. The maximum atomic E-state index is 6.37. The Morgan fingerprint density at radius 3 is 2.43 bits per heavy atom. The van der Waals surface area contributed by atoms with E-state index in [4.69, 9.17) is 5.53 Å². The van der Waals surface area contributed by atoms with Crippen molar-refractivity contribution in [1.82, 2.24) is 5.43 Å². The molecule has 40 valence electrons. The molecule has 0 heterocycles. The number of hydrogen-bond donors (Lipinski definition) is 2. The molecule has 4 heteroatoms. The molecule has 0 atom stereocenters. The molecule has 0 rings (SSSR count). The molecule has 0 saturated heterocycles. The van der Waals surface area contributed by atoms with Crippen molar-refractivity contribution >= 4 is 5.84 Å². The van der Waals surface area contributed by atoms with Crippen molar-refractivity contribution in [3.05, 3.63) is 0 Å². The highest BCUT2D eigenvalue weighted by Crippen LogP contribution is 1.70. The standard InChI is InChI=1S/C3H8N4/c1-3(6-4)7-5-2/h4-5H,1-2H3/b6-4?,7-3+. The third-order valence-electron chi connectivity index (χ3n) is 0.435. The molecule has 0 saturated carbocycles. The zero-order valence-corrected chi connectivity index (χ0v) is 4.39. The number of nitrogens with zero attached hydrogens (tertiary/aromatic N) is 2. The topological polar surface area (TPSA) is 60.6 Å². The van der Waals surface area contributed by atoms with E-state index in [0.29, 0.717) is 5.84 Å². The molecule has 0 aliphatic heterocycles. The molecule has 0 aliphatic carbocycles. The van der Waals surface area contributed by atoms with Crippen LogP contribution in [-0.2, 0) is 0 Å². The summed E-state index contributed by atoms with van der Waals surface area (Å²) in [6, 6.07) is 0. The van der Waals surface area contributed by atoms with Crippen molar-refractivity contribution in [2.75, 3.05) is 7.05 Å². The van der Waals surface area contributed by atoms with Crippen LogP contribution in [0.2, 0.25) is 0 Å². The van der Waals surface area contributed by atoms with Gasteiger partial charge in [0.05, 0.1) is 0 Å². The molecule has 0 aromatic heterocycles. The lowest BCUT2D eigenvalue weighted by Gasteiger charge is -1.84. The average molecular weight is 100 g/mol. The van der Waals surface area contributed by atoms with Gasteiger partial charge in [-0.25, -0.2) is 5.53 Å². The van der Waals surface area contributed by atoms with Crippen LogP contribution in [0, 0.1) is 5.53 Å². The molecule has 0 aromatic carbocycles. The largest absolute Gasteiger partial charge is 0.311 e. The first-order chi connectivity index (χ1) is 3.31. The molecule has 0 radical (unpaired) electrons. The molecule has 7 heavy (non-hydrogen) atoms. The van der Waals surface area contributed by atoms with Crippen molar-refractivity contribution in [1.29, 1.82) is 5.53 Å². The summed E-state index contributed by atoms with van der Waals surface area (Å²) < 4.78 is 0. The third kappa shape index (κ3) is 2.88. The summed E-state index contributed by atoms with van der Waals surface area (Å²) in [5, 5.41) is 6.57. The summed E-state index contributed by atoms with van der Waals surface area (Å²) in [7, 11) is 1.66. The van der Waals surface area contributed by atoms with Crippen molar-refractivity contribution in [2.45, 2.75) is 6.92 Å². The highest BCUT2D eigenvalue weighted by atomic mass is 15.3. The van der Waals surface area contributed by atoms with Gasteiger partial charge in [-0.1, -0.05) is 0 Å². The highest BCUT2D eigenvalue weighted by molar-refractivity contribution is 5.79. The smallest absolute Gasteiger partial charge is 0.166 e. The second kappa shape index (κ2) is 3.27. The molecule has 0 fully saturated rings. The van der Waals surface area contributed by atoms with Gasteiger partial charge in [-0.15, -0.1) is 5.11 Å². The second-order valence-corrected chi connectivity index (χ2v) is 0.994. The van der Waals surface area contributed by atoms with Gasteiger partial charge >= 0.3 is 0 Å². The summed E-state index contributed by atoms with van der Waals surface area (Å²) in [6.07, 6.45) is 0. The molecule has 2 N–H and O–H groups in total. The van der Waals surface area contributed by atoms with Gasteiger partial charge in [0, 0.05) is 7.05 Å². The Morgan fingerprint density at radius 2 is 2.29 bits per heavy atom. The fraction of sp³-hybridized carbons (Fsp3) is 0.667. The van der Waals surface area contributed by atoms with E-state index >= 15 is 0 Å². The monoisotopic (exact) mass is 100 g/mol. The summed E-state index contributed by atoms with van der Waals surface area (Å²) >= 11 is 0. The van der Waals surface area contributed by atoms with E-state index in [9.17, 15) is 0 Å². The highest BCUT2D eigenvalue weighted by Gasteiger charge is 1.75. The number of hydrazone groups is 1. The van der Waals surface area contributed by atoms with Gasteiger partial charge in [-0.2, -0.15) is 5.10 Å². The van der Waals surface area contributed by atoms with E-state index in [2.05, 4.69) is 15.6 Å². The number of amidine groups is 1. The fourth-order valence-electron chi connectivity index (χ4n) is 0.187. The summed E-state index contributed by atoms with van der Waals surface area (Å²) in [6.45, 7) is 1.64. The predicted molar refractivity (Wildman–Crippen MR) is 27.3 cm³/mol. The molecule has 0 bridgehead atoms. The second-order valence-electron chi connectivity index (χ2n) is 0.994. The minimum atomic E-state index is 0.433. The molecular formula is C3H8N4. The Balaban J connectivity index is 3.49. The van der Waals surface area contributed by atoms with Crippen molar-refractivity contribution in [3.8, 4) is 0 Å². The van der Waals surface area contributed by atoms with E-state index in [1.165, 1.54) is 0 Å². The predicted octanol–water partition coefficient (Wildman–Crippen LogP) is 0.570.